The van der Waals surface area contributed by atoms with E-state index in [4.69, 9.17) is 16.3 Å². The molecule has 0 saturated carbocycles. The van der Waals surface area contributed by atoms with Crippen LogP contribution >= 0.6 is 27.5 Å². The number of amides is 2. The highest BCUT2D eigenvalue weighted by atomic mass is 79.9. The minimum Gasteiger partial charge on any atom is -0.508 e. The van der Waals surface area contributed by atoms with Crippen molar-refractivity contribution >= 4 is 51.4 Å². The maximum absolute atomic E-state index is 12.8. The van der Waals surface area contributed by atoms with Crippen LogP contribution in [0.1, 0.15) is 31.8 Å². The second-order valence-corrected chi connectivity index (χ2v) is 8.43. The minimum absolute atomic E-state index is 0.0374. The zero-order chi connectivity index (χ0) is 24.7. The van der Waals surface area contributed by atoms with Gasteiger partial charge in [-0.3, -0.25) is 9.59 Å². The van der Waals surface area contributed by atoms with Crippen LogP contribution in [-0.2, 0) is 16.1 Å². The van der Waals surface area contributed by atoms with Crippen LogP contribution < -0.4 is 10.6 Å². The predicted molar refractivity (Wildman–Crippen MR) is 132 cm³/mol. The molecule has 3 N–H and O–H groups in total. The molecule has 0 aliphatic carbocycles. The number of methoxy groups -OCH3 is 1. The predicted octanol–water partition coefficient (Wildman–Crippen LogP) is 4.68. The zero-order valence-corrected chi connectivity index (χ0v) is 20.3. The monoisotopic (exact) mass is 542 g/mol. The van der Waals surface area contributed by atoms with Crippen molar-refractivity contribution in [2.75, 3.05) is 7.11 Å². The summed E-state index contributed by atoms with van der Waals surface area (Å²) in [5, 5.41) is 14.8. The summed E-state index contributed by atoms with van der Waals surface area (Å²) in [6.07, 6.45) is 1.48. The summed E-state index contributed by atoms with van der Waals surface area (Å²) in [7, 11) is 1.21. The second kappa shape index (κ2) is 11.5. The average Bonchev–Trinajstić information content (AvgIpc) is 2.82. The Morgan fingerprint density at radius 2 is 1.76 bits per heavy atom. The van der Waals surface area contributed by atoms with Gasteiger partial charge in [0.1, 0.15) is 11.4 Å². The average molecular weight is 544 g/mol. The Morgan fingerprint density at radius 3 is 2.41 bits per heavy atom. The van der Waals surface area contributed by atoms with Crippen LogP contribution in [0.25, 0.3) is 6.08 Å². The number of hydrogen-bond acceptors (Lipinski definition) is 5. The lowest BCUT2D eigenvalue weighted by molar-refractivity contribution is -0.136. The van der Waals surface area contributed by atoms with Crippen LogP contribution in [0.4, 0.5) is 0 Å². The lowest BCUT2D eigenvalue weighted by Gasteiger charge is -2.11. The number of aromatic hydroxyl groups is 1. The van der Waals surface area contributed by atoms with E-state index in [1.54, 1.807) is 42.5 Å². The molecule has 3 rings (SSSR count). The Hall–Kier alpha value is -3.62. The van der Waals surface area contributed by atoms with E-state index >= 15 is 0 Å². The third-order valence-corrected chi connectivity index (χ3v) is 5.52. The highest BCUT2D eigenvalue weighted by Gasteiger charge is 2.18. The molecule has 2 amide bonds. The van der Waals surface area contributed by atoms with E-state index in [0.717, 1.165) is 10.0 Å². The molecule has 0 fully saturated rings. The van der Waals surface area contributed by atoms with E-state index in [0.29, 0.717) is 5.56 Å². The summed E-state index contributed by atoms with van der Waals surface area (Å²) in [4.78, 5) is 37.4. The quantitative estimate of drug-likeness (QED) is 0.296. The first kappa shape index (κ1) is 25.0. The van der Waals surface area contributed by atoms with Crippen molar-refractivity contribution in [2.45, 2.75) is 6.54 Å². The fourth-order valence-corrected chi connectivity index (χ4v) is 3.49. The molecule has 0 atom stereocenters. The SMILES string of the molecule is COC(=O)C(=Cc1ccc(Br)cc1)NC(=O)c1ccc(C(=O)NCc2cccc(O)c2)cc1Cl. The van der Waals surface area contributed by atoms with E-state index in [-0.39, 0.29) is 34.1 Å². The summed E-state index contributed by atoms with van der Waals surface area (Å²) in [5.74, 6) is -1.66. The highest BCUT2D eigenvalue weighted by Crippen LogP contribution is 2.20. The molecule has 0 saturated heterocycles. The number of ether oxygens (including phenoxy) is 1. The molecule has 0 aliphatic heterocycles. The van der Waals surface area contributed by atoms with Gasteiger partial charge in [0.05, 0.1) is 17.7 Å². The van der Waals surface area contributed by atoms with E-state index in [2.05, 4.69) is 26.6 Å². The molecule has 34 heavy (non-hydrogen) atoms. The van der Waals surface area contributed by atoms with Gasteiger partial charge in [-0.05, 0) is 59.7 Å². The molecule has 9 heteroatoms. The van der Waals surface area contributed by atoms with Gasteiger partial charge in [0.15, 0.2) is 0 Å². The van der Waals surface area contributed by atoms with Crippen LogP contribution in [0.5, 0.6) is 5.75 Å². The summed E-state index contributed by atoms with van der Waals surface area (Å²) < 4.78 is 5.63. The first-order chi connectivity index (χ1) is 16.3. The molecule has 0 aliphatic rings. The molecule has 7 nitrogen and oxygen atoms in total. The molecular formula is C25H20BrClN2O5. The Bertz CT molecular complexity index is 1260. The van der Waals surface area contributed by atoms with Gasteiger partial charge in [-0.1, -0.05) is 51.8 Å². The Balaban J connectivity index is 1.73. The largest absolute Gasteiger partial charge is 0.508 e. The topological polar surface area (TPSA) is 105 Å². The molecule has 0 spiro atoms. The molecule has 0 unspecified atom stereocenters. The molecular weight excluding hydrogens is 524 g/mol. The number of carbonyl (C=O) groups is 3. The number of phenolic OH excluding ortho intramolecular Hbond substituents is 1. The standard InChI is InChI=1S/C25H20BrClN2O5/c1-34-25(33)22(12-15-5-8-18(26)9-6-15)29-24(32)20-10-7-17(13-21(20)27)23(31)28-14-16-3-2-4-19(30)11-16/h2-13,30H,14H2,1H3,(H,28,31)(H,29,32). The van der Waals surface area contributed by atoms with Crippen LogP contribution in [0, 0.1) is 0 Å². The van der Waals surface area contributed by atoms with Crippen molar-refractivity contribution in [1.82, 2.24) is 10.6 Å². The van der Waals surface area contributed by atoms with Gasteiger partial charge >= 0.3 is 5.97 Å². The Labute approximate surface area is 209 Å². The molecule has 174 valence electrons. The highest BCUT2D eigenvalue weighted by molar-refractivity contribution is 9.10. The number of halogens is 2. The third kappa shape index (κ3) is 6.69. The van der Waals surface area contributed by atoms with E-state index in [9.17, 15) is 19.5 Å². The maximum atomic E-state index is 12.8. The number of phenols is 1. The van der Waals surface area contributed by atoms with Crippen LogP contribution in [0.3, 0.4) is 0 Å². The molecule has 3 aromatic rings. The van der Waals surface area contributed by atoms with Crippen molar-refractivity contribution in [2.24, 2.45) is 0 Å². The van der Waals surface area contributed by atoms with Gasteiger partial charge < -0.3 is 20.5 Å². The van der Waals surface area contributed by atoms with Crippen LogP contribution in [-0.4, -0.2) is 30.0 Å². The number of hydrogen-bond donors (Lipinski definition) is 3. The van der Waals surface area contributed by atoms with Crippen molar-refractivity contribution in [3.8, 4) is 5.75 Å². The molecule has 0 heterocycles. The van der Waals surface area contributed by atoms with Crippen molar-refractivity contribution in [3.05, 3.63) is 104 Å². The summed E-state index contributed by atoms with van der Waals surface area (Å²) in [6.45, 7) is 0.205. The fourth-order valence-electron chi connectivity index (χ4n) is 2.96. The van der Waals surface area contributed by atoms with Crippen molar-refractivity contribution < 1.29 is 24.2 Å². The van der Waals surface area contributed by atoms with Gasteiger partial charge in [0.25, 0.3) is 11.8 Å². The van der Waals surface area contributed by atoms with Gasteiger partial charge in [0.2, 0.25) is 0 Å². The van der Waals surface area contributed by atoms with Gasteiger partial charge in [0, 0.05) is 16.6 Å². The van der Waals surface area contributed by atoms with E-state index < -0.39 is 17.8 Å². The molecule has 3 aromatic carbocycles. The van der Waals surface area contributed by atoms with Gasteiger partial charge in [-0.2, -0.15) is 0 Å². The zero-order valence-electron chi connectivity index (χ0n) is 18.0. The van der Waals surface area contributed by atoms with Crippen LogP contribution in [0.15, 0.2) is 76.9 Å². The van der Waals surface area contributed by atoms with Crippen LogP contribution in [0.2, 0.25) is 5.02 Å². The minimum atomic E-state index is -0.727. The first-order valence-corrected chi connectivity index (χ1v) is 11.2. The summed E-state index contributed by atoms with van der Waals surface area (Å²) >= 11 is 9.60. The lowest BCUT2D eigenvalue weighted by Crippen LogP contribution is -2.28. The summed E-state index contributed by atoms with van der Waals surface area (Å²) in [5.41, 5.74) is 1.66. The Kier molecular flexibility index (Phi) is 8.45. The van der Waals surface area contributed by atoms with Gasteiger partial charge in [-0.25, -0.2) is 4.79 Å². The fraction of sp³-hybridized carbons (Fsp3) is 0.0800. The van der Waals surface area contributed by atoms with E-state index in [1.807, 2.05) is 0 Å². The number of carbonyl (C=O) groups excluding carboxylic acids is 3. The van der Waals surface area contributed by atoms with E-state index in [1.165, 1.54) is 37.5 Å². The number of benzene rings is 3. The normalized spacial score (nSPS) is 11.0. The Morgan fingerprint density at radius 1 is 1.03 bits per heavy atom. The smallest absolute Gasteiger partial charge is 0.354 e. The second-order valence-electron chi connectivity index (χ2n) is 7.10. The molecule has 0 bridgehead atoms. The molecule has 0 radical (unpaired) electrons. The van der Waals surface area contributed by atoms with Crippen molar-refractivity contribution in [3.63, 3.8) is 0 Å². The molecule has 0 aromatic heterocycles. The lowest BCUT2D eigenvalue weighted by atomic mass is 10.1. The number of esters is 1. The summed E-state index contributed by atoms with van der Waals surface area (Å²) in [6, 6.07) is 17.8. The first-order valence-electron chi connectivity index (χ1n) is 9.99. The third-order valence-electron chi connectivity index (χ3n) is 4.67. The van der Waals surface area contributed by atoms with Crippen molar-refractivity contribution in [1.29, 1.82) is 0 Å². The maximum Gasteiger partial charge on any atom is 0.354 e. The van der Waals surface area contributed by atoms with Gasteiger partial charge in [-0.15, -0.1) is 0 Å². The number of nitrogens with one attached hydrogen (secondary N) is 2. The number of rotatable bonds is 7.